The van der Waals surface area contributed by atoms with E-state index in [4.69, 9.17) is 4.74 Å². The Kier molecular flexibility index (Phi) is 9.31. The van der Waals surface area contributed by atoms with Gasteiger partial charge in [-0.15, -0.1) is 0 Å². The highest BCUT2D eigenvalue weighted by Gasteiger charge is 2.35. The number of likely N-dealkylation sites (N-methyl/N-ethyl adjacent to an activating group) is 1. The molecule has 0 aliphatic carbocycles. The van der Waals surface area contributed by atoms with Crippen LogP contribution >= 0.6 is 0 Å². The summed E-state index contributed by atoms with van der Waals surface area (Å²) < 4.78 is 35.9. The quantitative estimate of drug-likeness (QED) is 0.241. The summed E-state index contributed by atoms with van der Waals surface area (Å²) in [4.78, 5) is 30.3. The molecule has 0 saturated heterocycles. The molecule has 0 radical (unpaired) electrons. The van der Waals surface area contributed by atoms with Crippen molar-refractivity contribution in [3.05, 3.63) is 96.1 Å². The van der Waals surface area contributed by atoms with E-state index in [2.05, 4.69) is 10.0 Å². The number of aliphatic hydroxyl groups excluding tert-OH is 1. The number of anilines is 2. The van der Waals surface area contributed by atoms with Gasteiger partial charge in [0.25, 0.3) is 15.9 Å². The highest BCUT2D eigenvalue weighted by molar-refractivity contribution is 7.92. The fourth-order valence-electron chi connectivity index (χ4n) is 5.36. The zero-order valence-electron chi connectivity index (χ0n) is 25.7. The van der Waals surface area contributed by atoms with E-state index in [1.54, 1.807) is 43.1 Å². The Balaban J connectivity index is 1.47. The lowest BCUT2D eigenvalue weighted by atomic mass is 9.99. The fourth-order valence-corrected chi connectivity index (χ4v) is 6.42. The van der Waals surface area contributed by atoms with E-state index in [1.165, 1.54) is 23.1 Å². The lowest BCUT2D eigenvalue weighted by Gasteiger charge is -2.38. The smallest absolute Gasteiger partial charge is 0.321 e. The number of ether oxygens (including phenoxy) is 1. The van der Waals surface area contributed by atoms with Crippen LogP contribution in [-0.2, 0) is 10.0 Å². The maximum absolute atomic E-state index is 13.8. The van der Waals surface area contributed by atoms with Crippen molar-refractivity contribution >= 4 is 44.1 Å². The monoisotopic (exact) mass is 630 g/mol. The number of nitrogens with zero attached hydrogens (tertiary/aromatic N) is 2. The zero-order valence-corrected chi connectivity index (χ0v) is 26.5. The molecule has 0 saturated carbocycles. The van der Waals surface area contributed by atoms with Crippen LogP contribution in [0.5, 0.6) is 5.75 Å². The van der Waals surface area contributed by atoms with Crippen LogP contribution in [-0.4, -0.2) is 74.2 Å². The van der Waals surface area contributed by atoms with Gasteiger partial charge in [0.05, 0.1) is 41.0 Å². The van der Waals surface area contributed by atoms with E-state index >= 15 is 0 Å². The van der Waals surface area contributed by atoms with Crippen LogP contribution in [0, 0.1) is 12.8 Å². The number of aryl methyl sites for hydroxylation is 1. The van der Waals surface area contributed by atoms with E-state index in [0.717, 1.165) is 16.3 Å². The third-order valence-electron chi connectivity index (χ3n) is 8.10. The molecule has 0 aromatic heterocycles. The third-order valence-corrected chi connectivity index (χ3v) is 9.48. The molecule has 45 heavy (non-hydrogen) atoms. The van der Waals surface area contributed by atoms with Crippen molar-refractivity contribution in [1.29, 1.82) is 0 Å². The molecule has 5 rings (SSSR count). The first-order valence-electron chi connectivity index (χ1n) is 14.8. The predicted molar refractivity (Wildman–Crippen MR) is 175 cm³/mol. The van der Waals surface area contributed by atoms with Crippen LogP contribution in [0.15, 0.2) is 89.8 Å². The predicted octanol–water partition coefficient (Wildman–Crippen LogP) is 5.33. The second kappa shape index (κ2) is 13.2. The molecule has 0 fully saturated rings. The van der Waals surface area contributed by atoms with Gasteiger partial charge in [0.2, 0.25) is 0 Å². The Morgan fingerprint density at radius 1 is 1.02 bits per heavy atom. The number of carbonyl (C=O) groups excluding carboxylic acids is 2. The average molecular weight is 631 g/mol. The normalized spacial score (nSPS) is 17.4. The topological polar surface area (TPSA) is 128 Å². The lowest BCUT2D eigenvalue weighted by molar-refractivity contribution is 0.0373. The van der Waals surface area contributed by atoms with Gasteiger partial charge in [-0.25, -0.2) is 13.2 Å². The van der Waals surface area contributed by atoms with Gasteiger partial charge in [0.1, 0.15) is 6.10 Å². The molecule has 3 atom stereocenters. The molecule has 1 heterocycles. The molecule has 0 unspecified atom stereocenters. The van der Waals surface area contributed by atoms with Crippen molar-refractivity contribution < 1.29 is 27.9 Å². The number of sulfonamides is 1. The Bertz CT molecular complexity index is 1810. The molecule has 236 valence electrons. The SMILES string of the molecule is Cc1ccc(S(=O)(=O)Nc2cccc3c2O[C@H](CN(C)C(=O)Nc2cccc4ccccc24)[C@@H](C)CN([C@@H](C)CO)C3=O)cc1. The summed E-state index contributed by atoms with van der Waals surface area (Å²) in [5.41, 5.74) is 1.83. The maximum Gasteiger partial charge on any atom is 0.321 e. The molecule has 1 aliphatic rings. The largest absolute Gasteiger partial charge is 0.485 e. The number of nitrogens with one attached hydrogen (secondary N) is 2. The average Bonchev–Trinajstić information content (AvgIpc) is 3.02. The Labute approximate surface area is 263 Å². The summed E-state index contributed by atoms with van der Waals surface area (Å²) in [7, 11) is -2.37. The Morgan fingerprint density at radius 2 is 1.69 bits per heavy atom. The van der Waals surface area contributed by atoms with E-state index < -0.39 is 28.1 Å². The summed E-state index contributed by atoms with van der Waals surface area (Å²) in [5, 5.41) is 14.9. The van der Waals surface area contributed by atoms with E-state index in [9.17, 15) is 23.1 Å². The van der Waals surface area contributed by atoms with E-state index in [1.807, 2.05) is 56.3 Å². The molecular weight excluding hydrogens is 592 g/mol. The van der Waals surface area contributed by atoms with Crippen LogP contribution in [0.1, 0.15) is 29.8 Å². The number of aliphatic hydroxyl groups is 1. The van der Waals surface area contributed by atoms with Gasteiger partial charge in [0.15, 0.2) is 5.75 Å². The number of hydrogen-bond acceptors (Lipinski definition) is 6. The van der Waals surface area contributed by atoms with Crippen molar-refractivity contribution in [2.45, 2.75) is 37.8 Å². The highest BCUT2D eigenvalue weighted by Crippen LogP contribution is 2.36. The number of urea groups is 1. The molecule has 3 N–H and O–H groups in total. The van der Waals surface area contributed by atoms with Crippen LogP contribution in [0.3, 0.4) is 0 Å². The number of benzene rings is 4. The van der Waals surface area contributed by atoms with Crippen LogP contribution in [0.2, 0.25) is 0 Å². The molecular formula is C34H38N4O6S. The summed E-state index contributed by atoms with van der Waals surface area (Å²) in [6.45, 7) is 5.63. The van der Waals surface area contributed by atoms with Crippen molar-refractivity contribution in [1.82, 2.24) is 9.80 Å². The minimum atomic E-state index is -4.03. The van der Waals surface area contributed by atoms with Gasteiger partial charge in [-0.1, -0.05) is 67.1 Å². The van der Waals surface area contributed by atoms with Crippen molar-refractivity contribution in [3.8, 4) is 5.75 Å². The fraction of sp³-hybridized carbons (Fsp3) is 0.294. The summed E-state index contributed by atoms with van der Waals surface area (Å²) in [5.74, 6) is -0.631. The number of fused-ring (bicyclic) bond motifs is 2. The molecule has 0 bridgehead atoms. The van der Waals surface area contributed by atoms with Gasteiger partial charge in [-0.05, 0) is 49.6 Å². The first-order chi connectivity index (χ1) is 21.5. The molecule has 4 aromatic carbocycles. The van der Waals surface area contributed by atoms with Crippen LogP contribution in [0.25, 0.3) is 10.8 Å². The summed E-state index contributed by atoms with van der Waals surface area (Å²) in [6.07, 6.45) is -0.640. The molecule has 11 heteroatoms. The number of hydrogen-bond donors (Lipinski definition) is 3. The van der Waals surface area contributed by atoms with Crippen molar-refractivity contribution in [2.24, 2.45) is 5.92 Å². The van der Waals surface area contributed by atoms with Crippen LogP contribution < -0.4 is 14.8 Å². The minimum absolute atomic E-state index is 0.0627. The Hall–Kier alpha value is -4.61. The van der Waals surface area contributed by atoms with E-state index in [-0.39, 0.29) is 53.5 Å². The molecule has 0 spiro atoms. The van der Waals surface area contributed by atoms with Gasteiger partial charge in [-0.3, -0.25) is 9.52 Å². The van der Waals surface area contributed by atoms with Crippen LogP contribution in [0.4, 0.5) is 16.2 Å². The molecule has 10 nitrogen and oxygen atoms in total. The molecule has 4 aromatic rings. The van der Waals surface area contributed by atoms with Gasteiger partial charge >= 0.3 is 6.03 Å². The summed E-state index contributed by atoms with van der Waals surface area (Å²) >= 11 is 0. The van der Waals surface area contributed by atoms with E-state index in [0.29, 0.717) is 5.69 Å². The van der Waals surface area contributed by atoms with Gasteiger partial charge in [-0.2, -0.15) is 0 Å². The van der Waals surface area contributed by atoms with Gasteiger partial charge < -0.3 is 25.0 Å². The zero-order chi connectivity index (χ0) is 32.3. The maximum atomic E-state index is 13.8. The highest BCUT2D eigenvalue weighted by atomic mass is 32.2. The van der Waals surface area contributed by atoms with Crippen molar-refractivity contribution in [3.63, 3.8) is 0 Å². The number of rotatable bonds is 8. The lowest BCUT2D eigenvalue weighted by Crippen LogP contribution is -2.50. The standard InChI is InChI=1S/C34H38N4O6S/c1-22-15-17-26(18-16-22)45(42,43)36-30-14-8-12-28-32(30)44-31(23(2)19-38(33(28)40)24(3)21-39)20-37(4)34(41)35-29-13-7-10-25-9-5-6-11-27(25)29/h5-18,23-24,31,36,39H,19-21H2,1-4H3,(H,35,41)/t23-,24-,31+/m0/s1. The second-order valence-corrected chi connectivity index (χ2v) is 13.2. The number of amides is 3. The minimum Gasteiger partial charge on any atom is -0.485 e. The molecule has 1 aliphatic heterocycles. The second-order valence-electron chi connectivity index (χ2n) is 11.6. The Morgan fingerprint density at radius 3 is 2.42 bits per heavy atom. The molecule has 3 amide bonds. The number of carbonyl (C=O) groups is 2. The van der Waals surface area contributed by atoms with Crippen molar-refractivity contribution in [2.75, 3.05) is 36.8 Å². The van der Waals surface area contributed by atoms with Gasteiger partial charge in [0, 0.05) is 24.9 Å². The number of para-hydroxylation sites is 1. The third kappa shape index (κ3) is 6.89. The first-order valence-corrected chi connectivity index (χ1v) is 16.3. The summed E-state index contributed by atoms with van der Waals surface area (Å²) in [6, 6.07) is 23.7. The first kappa shape index (κ1) is 31.8.